The standard InChI is InChI=1S/C14H19NO5S/c1-19-10-21-8-7-12(13(16)17)15-14(18)20-9-11-5-3-2-4-6-11/h2-6,12H,7-10H2,1H3,(H,15,18)(H,16,17). The highest BCUT2D eigenvalue weighted by molar-refractivity contribution is 7.99. The summed E-state index contributed by atoms with van der Waals surface area (Å²) in [5, 5.41) is 11.4. The van der Waals surface area contributed by atoms with Crippen molar-refractivity contribution in [2.45, 2.75) is 19.1 Å². The average molecular weight is 313 g/mol. The molecule has 21 heavy (non-hydrogen) atoms. The number of thioether (sulfide) groups is 1. The molecule has 116 valence electrons. The first kappa shape index (κ1) is 17.3. The molecule has 2 N–H and O–H groups in total. The van der Waals surface area contributed by atoms with Gasteiger partial charge in [-0.1, -0.05) is 30.3 Å². The zero-order valence-electron chi connectivity index (χ0n) is 11.8. The monoisotopic (exact) mass is 313 g/mol. The molecule has 1 unspecified atom stereocenters. The highest BCUT2D eigenvalue weighted by atomic mass is 32.2. The molecule has 1 rings (SSSR count). The average Bonchev–Trinajstić information content (AvgIpc) is 2.49. The van der Waals surface area contributed by atoms with Crippen molar-refractivity contribution in [3.05, 3.63) is 35.9 Å². The maximum atomic E-state index is 11.6. The van der Waals surface area contributed by atoms with Crippen molar-refractivity contribution in [1.29, 1.82) is 0 Å². The smallest absolute Gasteiger partial charge is 0.408 e. The fraction of sp³-hybridized carbons (Fsp3) is 0.429. The van der Waals surface area contributed by atoms with E-state index in [1.165, 1.54) is 11.8 Å². The van der Waals surface area contributed by atoms with E-state index < -0.39 is 18.1 Å². The lowest BCUT2D eigenvalue weighted by Gasteiger charge is -2.14. The molecule has 0 heterocycles. The Labute approximate surface area is 127 Å². The lowest BCUT2D eigenvalue weighted by Crippen LogP contribution is -2.41. The Morgan fingerprint density at radius 1 is 1.33 bits per heavy atom. The van der Waals surface area contributed by atoms with E-state index in [4.69, 9.17) is 14.6 Å². The van der Waals surface area contributed by atoms with Gasteiger partial charge >= 0.3 is 12.1 Å². The topological polar surface area (TPSA) is 84.9 Å². The summed E-state index contributed by atoms with van der Waals surface area (Å²) in [5.74, 6) is -0.0149. The zero-order valence-corrected chi connectivity index (χ0v) is 12.6. The van der Waals surface area contributed by atoms with Crippen LogP contribution in [0, 0.1) is 0 Å². The number of carboxylic acid groups (broad SMARTS) is 1. The van der Waals surface area contributed by atoms with E-state index in [2.05, 4.69) is 5.32 Å². The van der Waals surface area contributed by atoms with Crippen LogP contribution in [-0.4, -0.2) is 42.0 Å². The van der Waals surface area contributed by atoms with Crippen molar-refractivity contribution >= 4 is 23.8 Å². The fourth-order valence-corrected chi connectivity index (χ4v) is 2.19. The Balaban J connectivity index is 2.33. The molecule has 0 radical (unpaired) electrons. The number of amides is 1. The van der Waals surface area contributed by atoms with Crippen LogP contribution in [0.1, 0.15) is 12.0 Å². The summed E-state index contributed by atoms with van der Waals surface area (Å²) in [7, 11) is 1.57. The van der Waals surface area contributed by atoms with E-state index in [0.29, 0.717) is 18.1 Å². The van der Waals surface area contributed by atoms with E-state index in [1.54, 1.807) is 7.11 Å². The normalized spacial score (nSPS) is 11.7. The van der Waals surface area contributed by atoms with Crippen molar-refractivity contribution in [1.82, 2.24) is 5.32 Å². The fourth-order valence-electron chi connectivity index (χ4n) is 1.51. The van der Waals surface area contributed by atoms with Crippen LogP contribution in [0.15, 0.2) is 30.3 Å². The molecular formula is C14H19NO5S. The van der Waals surface area contributed by atoms with Gasteiger partial charge in [0.05, 0.1) is 5.94 Å². The summed E-state index contributed by atoms with van der Waals surface area (Å²) in [6, 6.07) is 8.22. The van der Waals surface area contributed by atoms with E-state index in [9.17, 15) is 9.59 Å². The molecule has 0 aliphatic rings. The quantitative estimate of drug-likeness (QED) is 0.536. The highest BCUT2D eigenvalue weighted by Gasteiger charge is 2.20. The first-order valence-corrected chi connectivity index (χ1v) is 7.55. The molecule has 0 spiro atoms. The minimum atomic E-state index is -1.08. The van der Waals surface area contributed by atoms with Gasteiger partial charge in [-0.25, -0.2) is 9.59 Å². The number of rotatable bonds is 9. The van der Waals surface area contributed by atoms with Crippen molar-refractivity contribution in [3.63, 3.8) is 0 Å². The maximum Gasteiger partial charge on any atom is 0.408 e. The van der Waals surface area contributed by atoms with Crippen LogP contribution in [0.4, 0.5) is 4.79 Å². The third-order valence-electron chi connectivity index (χ3n) is 2.55. The number of carboxylic acids is 1. The molecule has 0 aliphatic carbocycles. The molecule has 0 aromatic heterocycles. The number of carbonyl (C=O) groups excluding carboxylic acids is 1. The number of methoxy groups -OCH3 is 1. The summed E-state index contributed by atoms with van der Waals surface area (Å²) < 4.78 is 9.85. The number of benzene rings is 1. The van der Waals surface area contributed by atoms with E-state index >= 15 is 0 Å². The number of nitrogens with one attached hydrogen (secondary N) is 1. The summed E-state index contributed by atoms with van der Waals surface area (Å²) in [4.78, 5) is 22.7. The Morgan fingerprint density at radius 2 is 2.05 bits per heavy atom. The molecule has 1 aromatic rings. The van der Waals surface area contributed by atoms with Crippen molar-refractivity contribution in [2.75, 3.05) is 18.8 Å². The molecule has 1 aromatic carbocycles. The van der Waals surface area contributed by atoms with Crippen molar-refractivity contribution < 1.29 is 24.2 Å². The lowest BCUT2D eigenvalue weighted by atomic mass is 10.2. The second kappa shape index (κ2) is 10.1. The van der Waals surface area contributed by atoms with E-state index in [0.717, 1.165) is 5.56 Å². The minimum Gasteiger partial charge on any atom is -0.480 e. The Bertz CT molecular complexity index is 440. The van der Waals surface area contributed by atoms with Gasteiger partial charge < -0.3 is 19.9 Å². The first-order valence-electron chi connectivity index (χ1n) is 6.40. The van der Waals surface area contributed by atoms with Gasteiger partial charge in [0.2, 0.25) is 0 Å². The second-order valence-electron chi connectivity index (χ2n) is 4.20. The van der Waals surface area contributed by atoms with Crippen LogP contribution in [0.25, 0.3) is 0 Å². The first-order chi connectivity index (χ1) is 10.1. The van der Waals surface area contributed by atoms with Gasteiger partial charge in [0.25, 0.3) is 0 Å². The SMILES string of the molecule is COCSCCC(NC(=O)OCc1ccccc1)C(=O)O. The number of hydrogen-bond acceptors (Lipinski definition) is 5. The van der Waals surface area contributed by atoms with Crippen LogP contribution in [0.2, 0.25) is 0 Å². The molecule has 6 nitrogen and oxygen atoms in total. The molecule has 0 bridgehead atoms. The number of hydrogen-bond donors (Lipinski definition) is 2. The highest BCUT2D eigenvalue weighted by Crippen LogP contribution is 2.06. The zero-order chi connectivity index (χ0) is 15.5. The van der Waals surface area contributed by atoms with Crippen LogP contribution in [-0.2, 0) is 20.9 Å². The molecule has 1 amide bonds. The maximum absolute atomic E-state index is 11.6. The molecular weight excluding hydrogens is 294 g/mol. The summed E-state index contributed by atoms with van der Waals surface area (Å²) in [5.41, 5.74) is 0.843. The second-order valence-corrected chi connectivity index (χ2v) is 5.25. The number of aliphatic carboxylic acids is 1. The van der Waals surface area contributed by atoms with Crippen molar-refractivity contribution in [3.8, 4) is 0 Å². The van der Waals surface area contributed by atoms with Gasteiger partial charge in [-0.3, -0.25) is 0 Å². The van der Waals surface area contributed by atoms with Crippen LogP contribution < -0.4 is 5.32 Å². The predicted octanol–water partition coefficient (Wildman–Crippen LogP) is 2.09. The number of ether oxygens (including phenoxy) is 2. The van der Waals surface area contributed by atoms with Gasteiger partial charge in [0.1, 0.15) is 12.6 Å². The Morgan fingerprint density at radius 3 is 2.67 bits per heavy atom. The molecule has 0 aliphatic heterocycles. The van der Waals surface area contributed by atoms with Gasteiger partial charge in [0, 0.05) is 7.11 Å². The van der Waals surface area contributed by atoms with E-state index in [1.807, 2.05) is 30.3 Å². The lowest BCUT2D eigenvalue weighted by molar-refractivity contribution is -0.139. The van der Waals surface area contributed by atoms with Gasteiger partial charge in [-0.2, -0.15) is 0 Å². The molecule has 0 saturated carbocycles. The summed E-state index contributed by atoms with van der Waals surface area (Å²) >= 11 is 1.46. The summed E-state index contributed by atoms with van der Waals surface area (Å²) in [6.07, 6.45) is -0.424. The van der Waals surface area contributed by atoms with Crippen LogP contribution >= 0.6 is 11.8 Å². The molecule has 0 fully saturated rings. The molecule has 7 heteroatoms. The minimum absolute atomic E-state index is 0.109. The van der Waals surface area contributed by atoms with Gasteiger partial charge in [-0.05, 0) is 17.7 Å². The Kier molecular flexibility index (Phi) is 8.30. The van der Waals surface area contributed by atoms with Crippen LogP contribution in [0.3, 0.4) is 0 Å². The predicted molar refractivity (Wildman–Crippen MR) is 80.1 cm³/mol. The van der Waals surface area contributed by atoms with Crippen molar-refractivity contribution in [2.24, 2.45) is 0 Å². The third-order valence-corrected chi connectivity index (χ3v) is 3.48. The Hall–Kier alpha value is -1.73. The summed E-state index contributed by atoms with van der Waals surface area (Å²) in [6.45, 7) is 0.109. The van der Waals surface area contributed by atoms with E-state index in [-0.39, 0.29) is 6.61 Å². The third kappa shape index (κ3) is 7.57. The molecule has 1 atom stereocenters. The largest absolute Gasteiger partial charge is 0.480 e. The van der Waals surface area contributed by atoms with Gasteiger partial charge in [0.15, 0.2) is 0 Å². The van der Waals surface area contributed by atoms with Gasteiger partial charge in [-0.15, -0.1) is 11.8 Å². The van der Waals surface area contributed by atoms with Crippen LogP contribution in [0.5, 0.6) is 0 Å². The molecule has 0 saturated heterocycles. The number of carbonyl (C=O) groups is 2. The number of alkyl carbamates (subject to hydrolysis) is 1.